The molecule has 0 aliphatic carbocycles. The van der Waals surface area contributed by atoms with Crippen LogP contribution in [0, 0.1) is 6.92 Å². The van der Waals surface area contributed by atoms with Crippen LogP contribution in [0.2, 0.25) is 5.02 Å². The Labute approximate surface area is 157 Å². The smallest absolute Gasteiger partial charge is 0.258 e. The molecule has 122 valence electrons. The molecule has 0 aliphatic rings. The van der Waals surface area contributed by atoms with Crippen LogP contribution in [0.1, 0.15) is 26.5 Å². The Balaban J connectivity index is 1.75. The number of nitrogens with one attached hydrogen (secondary N) is 1. The third-order valence-corrected chi connectivity index (χ3v) is 5.44. The molecule has 0 unspecified atom stereocenters. The number of halogens is 2. The third-order valence-electron chi connectivity index (χ3n) is 3.51. The molecule has 1 N–H and O–H groups in total. The molecule has 0 atom stereocenters. The van der Waals surface area contributed by atoms with Crippen molar-refractivity contribution in [3.05, 3.63) is 79.7 Å². The van der Waals surface area contributed by atoms with Crippen molar-refractivity contribution in [1.29, 1.82) is 0 Å². The van der Waals surface area contributed by atoms with Crippen LogP contribution < -0.4 is 5.32 Å². The van der Waals surface area contributed by atoms with Crippen molar-refractivity contribution >= 4 is 49.9 Å². The predicted octanol–water partition coefficient (Wildman–Crippen LogP) is 5.71. The zero-order valence-electron chi connectivity index (χ0n) is 12.8. The van der Waals surface area contributed by atoms with Crippen LogP contribution in [0.4, 0.5) is 5.13 Å². The van der Waals surface area contributed by atoms with E-state index < -0.39 is 0 Å². The largest absolute Gasteiger partial charge is 0.298 e. The molecule has 3 aromatic rings. The molecule has 1 heterocycles. The van der Waals surface area contributed by atoms with Gasteiger partial charge in [-0.2, -0.15) is 0 Å². The molecular weight excluding hydrogens is 408 g/mol. The molecule has 3 nitrogen and oxygen atoms in total. The highest BCUT2D eigenvalue weighted by Gasteiger charge is 2.14. The minimum Gasteiger partial charge on any atom is -0.298 e. The number of benzene rings is 2. The number of carbonyl (C=O) groups excluding carboxylic acids is 1. The summed E-state index contributed by atoms with van der Waals surface area (Å²) >= 11 is 11.0. The molecule has 1 amide bonds. The minimum atomic E-state index is -0.246. The highest BCUT2D eigenvalue weighted by molar-refractivity contribution is 9.10. The van der Waals surface area contributed by atoms with Gasteiger partial charge < -0.3 is 0 Å². The number of nitrogens with zero attached hydrogens (tertiary/aromatic N) is 1. The van der Waals surface area contributed by atoms with Crippen molar-refractivity contribution < 1.29 is 4.79 Å². The number of thiazole rings is 1. The number of hydrogen-bond acceptors (Lipinski definition) is 3. The number of aromatic nitrogens is 1. The molecule has 24 heavy (non-hydrogen) atoms. The van der Waals surface area contributed by atoms with E-state index in [4.69, 9.17) is 11.6 Å². The monoisotopic (exact) mass is 420 g/mol. The number of amides is 1. The van der Waals surface area contributed by atoms with Gasteiger partial charge in [0.15, 0.2) is 5.13 Å². The molecule has 0 bridgehead atoms. The van der Waals surface area contributed by atoms with E-state index in [0.717, 1.165) is 21.5 Å². The van der Waals surface area contributed by atoms with Gasteiger partial charge in [-0.3, -0.25) is 10.1 Å². The van der Waals surface area contributed by atoms with Gasteiger partial charge in [-0.15, -0.1) is 11.3 Å². The molecule has 0 saturated heterocycles. The van der Waals surface area contributed by atoms with Gasteiger partial charge in [-0.25, -0.2) is 4.98 Å². The zero-order valence-corrected chi connectivity index (χ0v) is 16.0. The van der Waals surface area contributed by atoms with Crippen molar-refractivity contribution in [1.82, 2.24) is 4.98 Å². The summed E-state index contributed by atoms with van der Waals surface area (Å²) in [5.41, 5.74) is 2.58. The van der Waals surface area contributed by atoms with E-state index in [1.54, 1.807) is 24.3 Å². The van der Waals surface area contributed by atoms with Crippen LogP contribution in [-0.4, -0.2) is 10.9 Å². The van der Waals surface area contributed by atoms with Crippen molar-refractivity contribution in [3.63, 3.8) is 0 Å². The van der Waals surface area contributed by atoms with Crippen LogP contribution in [0.5, 0.6) is 0 Å². The first-order valence-electron chi connectivity index (χ1n) is 7.29. The number of anilines is 1. The fourth-order valence-electron chi connectivity index (χ4n) is 2.24. The van der Waals surface area contributed by atoms with Gasteiger partial charge in [0.2, 0.25) is 0 Å². The van der Waals surface area contributed by atoms with Gasteiger partial charge >= 0.3 is 0 Å². The normalized spacial score (nSPS) is 10.6. The summed E-state index contributed by atoms with van der Waals surface area (Å²) in [5.74, 6) is -0.246. The molecule has 0 radical (unpaired) electrons. The second-order valence-electron chi connectivity index (χ2n) is 5.26. The lowest BCUT2D eigenvalue weighted by Crippen LogP contribution is -2.12. The number of rotatable bonds is 4. The molecule has 0 fully saturated rings. The van der Waals surface area contributed by atoms with Crippen LogP contribution in [-0.2, 0) is 6.42 Å². The summed E-state index contributed by atoms with van der Waals surface area (Å²) in [6, 6.07) is 15.2. The first kappa shape index (κ1) is 17.1. The van der Waals surface area contributed by atoms with E-state index in [1.807, 2.05) is 19.1 Å². The lowest BCUT2D eigenvalue weighted by atomic mass is 10.1. The average molecular weight is 422 g/mol. The molecule has 0 aliphatic heterocycles. The van der Waals surface area contributed by atoms with Crippen molar-refractivity contribution in [2.75, 3.05) is 5.32 Å². The fourth-order valence-corrected chi connectivity index (χ4v) is 3.72. The van der Waals surface area contributed by atoms with E-state index in [1.165, 1.54) is 16.9 Å². The maximum absolute atomic E-state index is 12.3. The van der Waals surface area contributed by atoms with Crippen LogP contribution in [0.3, 0.4) is 0 Å². The Kier molecular flexibility index (Phi) is 5.33. The van der Waals surface area contributed by atoms with E-state index in [9.17, 15) is 4.79 Å². The molecule has 1 aromatic heterocycles. The van der Waals surface area contributed by atoms with E-state index in [-0.39, 0.29) is 5.91 Å². The summed E-state index contributed by atoms with van der Waals surface area (Å²) in [6.45, 7) is 1.95. The van der Waals surface area contributed by atoms with E-state index in [0.29, 0.717) is 15.7 Å². The molecule has 6 heteroatoms. The highest BCUT2D eigenvalue weighted by atomic mass is 79.9. The Morgan fingerprint density at radius 3 is 2.62 bits per heavy atom. The first-order valence-corrected chi connectivity index (χ1v) is 9.28. The number of aryl methyl sites for hydroxylation is 1. The third kappa shape index (κ3) is 4.04. The van der Waals surface area contributed by atoms with Crippen LogP contribution in [0.25, 0.3) is 0 Å². The van der Waals surface area contributed by atoms with E-state index in [2.05, 4.69) is 38.4 Å². The second kappa shape index (κ2) is 7.47. The number of hydrogen-bond donors (Lipinski definition) is 1. The SMILES string of the molecule is Cc1nc(NC(=O)c2ccccc2Cl)sc1Cc1ccc(Br)cc1. The second-order valence-corrected chi connectivity index (χ2v) is 7.67. The Hall–Kier alpha value is -1.69. The lowest BCUT2D eigenvalue weighted by molar-refractivity contribution is 0.102. The average Bonchev–Trinajstić information content (AvgIpc) is 2.89. The predicted molar refractivity (Wildman–Crippen MR) is 103 cm³/mol. The first-order chi connectivity index (χ1) is 11.5. The quantitative estimate of drug-likeness (QED) is 0.586. The van der Waals surface area contributed by atoms with Crippen LogP contribution >= 0.6 is 38.9 Å². The molecule has 2 aromatic carbocycles. The summed E-state index contributed by atoms with van der Waals surface area (Å²) in [6.07, 6.45) is 0.790. The lowest BCUT2D eigenvalue weighted by Gasteiger charge is -2.03. The summed E-state index contributed by atoms with van der Waals surface area (Å²) < 4.78 is 1.06. The molecular formula is C18H14BrClN2OS. The summed E-state index contributed by atoms with van der Waals surface area (Å²) in [4.78, 5) is 17.9. The standard InChI is InChI=1S/C18H14BrClN2OS/c1-11-16(10-12-6-8-13(19)9-7-12)24-18(21-11)22-17(23)14-4-2-3-5-15(14)20/h2-9H,10H2,1H3,(H,21,22,23). The molecule has 0 spiro atoms. The maximum atomic E-state index is 12.3. The van der Waals surface area contributed by atoms with Crippen molar-refractivity contribution in [2.45, 2.75) is 13.3 Å². The Bertz CT molecular complexity index is 877. The molecule has 0 saturated carbocycles. The number of carbonyl (C=O) groups is 1. The van der Waals surface area contributed by atoms with Crippen molar-refractivity contribution in [2.24, 2.45) is 0 Å². The van der Waals surface area contributed by atoms with Gasteiger partial charge in [0.05, 0.1) is 16.3 Å². The van der Waals surface area contributed by atoms with Gasteiger partial charge in [0.25, 0.3) is 5.91 Å². The van der Waals surface area contributed by atoms with E-state index >= 15 is 0 Å². The van der Waals surface area contributed by atoms with Gasteiger partial charge in [0.1, 0.15) is 0 Å². The maximum Gasteiger partial charge on any atom is 0.258 e. The highest BCUT2D eigenvalue weighted by Crippen LogP contribution is 2.27. The fraction of sp³-hybridized carbons (Fsp3) is 0.111. The Morgan fingerprint density at radius 1 is 1.21 bits per heavy atom. The topological polar surface area (TPSA) is 42.0 Å². The summed E-state index contributed by atoms with van der Waals surface area (Å²) in [7, 11) is 0. The van der Waals surface area contributed by atoms with Gasteiger partial charge in [0, 0.05) is 15.8 Å². The molecule has 3 rings (SSSR count). The van der Waals surface area contributed by atoms with Gasteiger partial charge in [-0.05, 0) is 36.8 Å². The van der Waals surface area contributed by atoms with Gasteiger partial charge in [-0.1, -0.05) is 51.8 Å². The zero-order chi connectivity index (χ0) is 17.1. The van der Waals surface area contributed by atoms with Crippen LogP contribution in [0.15, 0.2) is 53.0 Å². The van der Waals surface area contributed by atoms with Crippen molar-refractivity contribution in [3.8, 4) is 0 Å². The minimum absolute atomic E-state index is 0.246. The summed E-state index contributed by atoms with van der Waals surface area (Å²) in [5, 5.41) is 3.85. The Morgan fingerprint density at radius 2 is 1.92 bits per heavy atom.